The molecule has 0 bridgehead atoms. The first-order chi connectivity index (χ1) is 11.4. The van der Waals surface area contributed by atoms with E-state index >= 15 is 0 Å². The van der Waals surface area contributed by atoms with Crippen molar-refractivity contribution in [2.24, 2.45) is 0 Å². The zero-order chi connectivity index (χ0) is 17.7. The number of hydrogen-bond donors (Lipinski definition) is 1. The van der Waals surface area contributed by atoms with Crippen molar-refractivity contribution in [2.75, 3.05) is 6.61 Å². The summed E-state index contributed by atoms with van der Waals surface area (Å²) in [6, 6.07) is 7.41. The standard InChI is InChI=1S/C17H15BrFNO4/c1-2-24-15(22)8-7-14(21)16-17(23)11(18)9-13(20-16)10-5-3-4-6-12(10)19/h3-6,9,23H,2,7-8H2,1H3. The lowest BCUT2D eigenvalue weighted by Crippen LogP contribution is -2.10. The number of pyridine rings is 1. The molecule has 7 heteroatoms. The Balaban J connectivity index is 2.32. The van der Waals surface area contributed by atoms with Crippen LogP contribution in [0.1, 0.15) is 30.3 Å². The molecule has 0 amide bonds. The van der Waals surface area contributed by atoms with Crippen LogP contribution in [0, 0.1) is 5.82 Å². The maximum Gasteiger partial charge on any atom is 0.306 e. The number of hydrogen-bond acceptors (Lipinski definition) is 5. The molecule has 0 aliphatic carbocycles. The van der Waals surface area contributed by atoms with Gasteiger partial charge in [-0.1, -0.05) is 12.1 Å². The summed E-state index contributed by atoms with van der Waals surface area (Å²) >= 11 is 3.14. The van der Waals surface area contributed by atoms with Crippen molar-refractivity contribution in [1.29, 1.82) is 0 Å². The molecule has 1 aromatic carbocycles. The Morgan fingerprint density at radius 2 is 2.00 bits per heavy atom. The monoisotopic (exact) mass is 395 g/mol. The van der Waals surface area contributed by atoms with Gasteiger partial charge in [-0.3, -0.25) is 9.59 Å². The molecule has 0 saturated heterocycles. The van der Waals surface area contributed by atoms with Crippen LogP contribution in [0.25, 0.3) is 11.3 Å². The fourth-order valence-corrected chi connectivity index (χ4v) is 2.48. The van der Waals surface area contributed by atoms with Crippen molar-refractivity contribution >= 4 is 27.7 Å². The number of esters is 1. The first kappa shape index (κ1) is 18.1. The van der Waals surface area contributed by atoms with E-state index in [2.05, 4.69) is 20.9 Å². The Kier molecular flexibility index (Phi) is 6.03. The van der Waals surface area contributed by atoms with Gasteiger partial charge in [-0.2, -0.15) is 0 Å². The number of rotatable bonds is 6. The van der Waals surface area contributed by atoms with Crippen molar-refractivity contribution in [1.82, 2.24) is 4.98 Å². The molecule has 2 aromatic rings. The Hall–Kier alpha value is -2.28. The Morgan fingerprint density at radius 1 is 1.29 bits per heavy atom. The average Bonchev–Trinajstić information content (AvgIpc) is 2.56. The van der Waals surface area contributed by atoms with Crippen molar-refractivity contribution in [3.63, 3.8) is 0 Å². The number of halogens is 2. The van der Waals surface area contributed by atoms with Gasteiger partial charge in [-0.25, -0.2) is 9.37 Å². The summed E-state index contributed by atoms with van der Waals surface area (Å²) in [5, 5.41) is 10.0. The van der Waals surface area contributed by atoms with E-state index in [4.69, 9.17) is 4.74 Å². The first-order valence-corrected chi connectivity index (χ1v) is 8.06. The fraction of sp³-hybridized carbons (Fsp3) is 0.235. The zero-order valence-corrected chi connectivity index (χ0v) is 14.5. The lowest BCUT2D eigenvalue weighted by Gasteiger charge is -2.09. The largest absolute Gasteiger partial charge is 0.504 e. The summed E-state index contributed by atoms with van der Waals surface area (Å²) in [5.74, 6) is -1.87. The summed E-state index contributed by atoms with van der Waals surface area (Å²) in [4.78, 5) is 27.7. The molecule has 2 rings (SSSR count). The third-order valence-corrected chi connectivity index (χ3v) is 3.83. The van der Waals surface area contributed by atoms with Crippen LogP contribution in [-0.2, 0) is 9.53 Å². The molecular formula is C17H15BrFNO4. The number of Topliss-reactive ketones (excluding diaryl/α,β-unsaturated/α-hetero) is 1. The van der Waals surface area contributed by atoms with Gasteiger partial charge >= 0.3 is 5.97 Å². The Bertz CT molecular complexity index is 779. The molecule has 0 radical (unpaired) electrons. The topological polar surface area (TPSA) is 76.5 Å². The van der Waals surface area contributed by atoms with E-state index in [0.717, 1.165) is 0 Å². The van der Waals surface area contributed by atoms with Crippen molar-refractivity contribution in [2.45, 2.75) is 19.8 Å². The maximum absolute atomic E-state index is 13.9. The minimum absolute atomic E-state index is 0.116. The Morgan fingerprint density at radius 3 is 2.67 bits per heavy atom. The number of aromatic nitrogens is 1. The van der Waals surface area contributed by atoms with Gasteiger partial charge in [0.25, 0.3) is 0 Å². The van der Waals surface area contributed by atoms with Gasteiger partial charge in [0, 0.05) is 12.0 Å². The molecule has 0 aliphatic heterocycles. The molecule has 1 heterocycles. The van der Waals surface area contributed by atoms with Crippen LogP contribution < -0.4 is 0 Å². The number of ketones is 1. The van der Waals surface area contributed by atoms with Crippen molar-refractivity contribution in [3.05, 3.63) is 46.3 Å². The van der Waals surface area contributed by atoms with Crippen LogP contribution in [-0.4, -0.2) is 28.4 Å². The number of aromatic hydroxyl groups is 1. The van der Waals surface area contributed by atoms with Crippen LogP contribution in [0.4, 0.5) is 4.39 Å². The summed E-state index contributed by atoms with van der Waals surface area (Å²) in [7, 11) is 0. The minimum atomic E-state index is -0.528. The number of ether oxygens (including phenoxy) is 1. The first-order valence-electron chi connectivity index (χ1n) is 7.27. The van der Waals surface area contributed by atoms with Gasteiger partial charge in [-0.15, -0.1) is 0 Å². The van der Waals surface area contributed by atoms with Crippen LogP contribution in [0.2, 0.25) is 0 Å². The predicted octanol–water partition coefficient (Wildman–Crippen LogP) is 3.88. The van der Waals surface area contributed by atoms with Crippen LogP contribution in [0.5, 0.6) is 5.75 Å². The van der Waals surface area contributed by atoms with E-state index in [1.807, 2.05) is 0 Å². The van der Waals surface area contributed by atoms with Crippen LogP contribution in [0.3, 0.4) is 0 Å². The molecule has 0 saturated carbocycles. The summed E-state index contributed by atoms with van der Waals surface area (Å²) in [6.45, 7) is 1.90. The molecule has 24 heavy (non-hydrogen) atoms. The molecule has 0 fully saturated rings. The zero-order valence-electron chi connectivity index (χ0n) is 12.9. The summed E-state index contributed by atoms with van der Waals surface area (Å²) < 4.78 is 18.9. The van der Waals surface area contributed by atoms with Gasteiger partial charge in [0.2, 0.25) is 0 Å². The Labute approximate surface area is 146 Å². The predicted molar refractivity (Wildman–Crippen MR) is 89.2 cm³/mol. The second-order valence-corrected chi connectivity index (χ2v) is 5.75. The van der Waals surface area contributed by atoms with E-state index in [1.165, 1.54) is 18.2 Å². The van der Waals surface area contributed by atoms with E-state index in [-0.39, 0.29) is 46.6 Å². The second kappa shape index (κ2) is 8.01. The average molecular weight is 396 g/mol. The van der Waals surface area contributed by atoms with Crippen LogP contribution in [0.15, 0.2) is 34.8 Å². The van der Waals surface area contributed by atoms with Crippen molar-refractivity contribution < 1.29 is 23.8 Å². The molecule has 0 unspecified atom stereocenters. The van der Waals surface area contributed by atoms with Crippen molar-refractivity contribution in [3.8, 4) is 17.0 Å². The summed E-state index contributed by atoms with van der Waals surface area (Å²) in [6.07, 6.45) is -0.276. The lowest BCUT2D eigenvalue weighted by atomic mass is 10.1. The van der Waals surface area contributed by atoms with Gasteiger partial charge in [0.15, 0.2) is 11.5 Å². The molecule has 5 nitrogen and oxygen atoms in total. The molecule has 0 atom stereocenters. The smallest absolute Gasteiger partial charge is 0.306 e. The highest BCUT2D eigenvalue weighted by Gasteiger charge is 2.20. The highest BCUT2D eigenvalue weighted by atomic mass is 79.9. The van der Waals surface area contributed by atoms with E-state index in [1.54, 1.807) is 19.1 Å². The number of benzene rings is 1. The molecule has 126 valence electrons. The SMILES string of the molecule is CCOC(=O)CCC(=O)c1nc(-c2ccccc2F)cc(Br)c1O. The van der Waals surface area contributed by atoms with E-state index in [9.17, 15) is 19.1 Å². The van der Waals surface area contributed by atoms with Gasteiger partial charge < -0.3 is 9.84 Å². The molecule has 0 aliphatic rings. The van der Waals surface area contributed by atoms with Gasteiger partial charge in [0.05, 0.1) is 23.2 Å². The maximum atomic E-state index is 13.9. The molecule has 0 spiro atoms. The second-order valence-electron chi connectivity index (χ2n) is 4.89. The van der Waals surface area contributed by atoms with Crippen LogP contribution >= 0.6 is 15.9 Å². The third kappa shape index (κ3) is 4.17. The van der Waals surface area contributed by atoms with E-state index in [0.29, 0.717) is 0 Å². The number of carbonyl (C=O) groups is 2. The number of nitrogens with zero attached hydrogens (tertiary/aromatic N) is 1. The highest BCUT2D eigenvalue weighted by Crippen LogP contribution is 2.32. The van der Waals surface area contributed by atoms with Gasteiger partial charge in [-0.05, 0) is 41.1 Å². The minimum Gasteiger partial charge on any atom is -0.504 e. The normalized spacial score (nSPS) is 10.5. The fourth-order valence-electron chi connectivity index (χ4n) is 2.08. The number of carbonyl (C=O) groups excluding carboxylic acids is 2. The third-order valence-electron chi connectivity index (χ3n) is 3.22. The molecular weight excluding hydrogens is 381 g/mol. The molecule has 1 aromatic heterocycles. The molecule has 1 N–H and O–H groups in total. The highest BCUT2D eigenvalue weighted by molar-refractivity contribution is 9.10. The lowest BCUT2D eigenvalue weighted by molar-refractivity contribution is -0.143. The summed E-state index contributed by atoms with van der Waals surface area (Å²) in [5.41, 5.74) is 0.196. The van der Waals surface area contributed by atoms with E-state index < -0.39 is 17.6 Å². The quantitative estimate of drug-likeness (QED) is 0.593. The van der Waals surface area contributed by atoms with Gasteiger partial charge in [0.1, 0.15) is 11.5 Å².